The van der Waals surface area contributed by atoms with E-state index in [9.17, 15) is 5.11 Å². The number of furan rings is 1. The first-order valence-corrected chi connectivity index (χ1v) is 6.66. The molecule has 0 saturated heterocycles. The summed E-state index contributed by atoms with van der Waals surface area (Å²) in [5.41, 5.74) is -0.272. The average molecular weight is 265 g/mol. The number of hydrogen-bond acceptors (Lipinski definition) is 3. The molecule has 1 aromatic carbocycles. The van der Waals surface area contributed by atoms with E-state index >= 15 is 4.39 Å². The minimum absolute atomic E-state index is 0.235. The largest absolute Gasteiger partial charge is 0.464 e. The van der Waals surface area contributed by atoms with Crippen molar-refractivity contribution in [2.24, 2.45) is 0 Å². The second-order valence-corrected chi connectivity index (χ2v) is 4.68. The Morgan fingerprint density at radius 1 is 1.37 bits per heavy atom. The summed E-state index contributed by atoms with van der Waals surface area (Å²) in [4.78, 5) is 0. The lowest BCUT2D eigenvalue weighted by Crippen LogP contribution is -2.47. The van der Waals surface area contributed by atoms with Crippen molar-refractivity contribution < 1.29 is 13.9 Å². The van der Waals surface area contributed by atoms with Gasteiger partial charge in [-0.05, 0) is 36.7 Å². The molecule has 2 aromatic rings. The van der Waals surface area contributed by atoms with E-state index in [0.717, 1.165) is 11.0 Å². The molecular weight excluding hydrogens is 245 g/mol. The fraction of sp³-hybridized carbons (Fsp3) is 0.467. The Kier molecular flexibility index (Phi) is 4.22. The van der Waals surface area contributed by atoms with Crippen LogP contribution in [-0.4, -0.2) is 24.3 Å². The van der Waals surface area contributed by atoms with Gasteiger partial charge in [0.1, 0.15) is 5.58 Å². The highest BCUT2D eigenvalue weighted by Gasteiger charge is 2.38. The van der Waals surface area contributed by atoms with E-state index in [1.165, 1.54) is 0 Å². The maximum atomic E-state index is 15.3. The molecule has 1 heterocycles. The number of nitrogens with one attached hydrogen (secondary N) is 1. The van der Waals surface area contributed by atoms with Gasteiger partial charge in [-0.25, -0.2) is 4.39 Å². The molecule has 4 heteroatoms. The van der Waals surface area contributed by atoms with Gasteiger partial charge in [-0.2, -0.15) is 0 Å². The Morgan fingerprint density at radius 3 is 2.79 bits per heavy atom. The van der Waals surface area contributed by atoms with E-state index in [4.69, 9.17) is 4.42 Å². The zero-order chi connectivity index (χ0) is 13.9. The van der Waals surface area contributed by atoms with Gasteiger partial charge in [-0.1, -0.05) is 19.9 Å². The Morgan fingerprint density at radius 2 is 2.16 bits per heavy atom. The van der Waals surface area contributed by atoms with E-state index in [0.29, 0.717) is 18.5 Å². The van der Waals surface area contributed by atoms with Gasteiger partial charge in [-0.15, -0.1) is 0 Å². The van der Waals surface area contributed by atoms with Crippen LogP contribution >= 0.6 is 0 Å². The number of rotatable bonds is 6. The summed E-state index contributed by atoms with van der Waals surface area (Å²) in [5, 5.41) is 13.3. The highest BCUT2D eigenvalue weighted by molar-refractivity contribution is 5.78. The average Bonchev–Trinajstić information content (AvgIpc) is 2.91. The molecule has 1 aromatic heterocycles. The van der Waals surface area contributed by atoms with Crippen molar-refractivity contribution >= 4 is 11.0 Å². The molecule has 2 unspecified atom stereocenters. The number of likely N-dealkylation sites (N-methyl/N-ethyl adjacent to an activating group) is 1. The summed E-state index contributed by atoms with van der Waals surface area (Å²) in [5.74, 6) is 0. The molecular formula is C15H20FNO2. The van der Waals surface area contributed by atoms with Crippen LogP contribution in [0.25, 0.3) is 11.0 Å². The maximum absolute atomic E-state index is 15.3. The molecule has 2 atom stereocenters. The highest BCUT2D eigenvalue weighted by Crippen LogP contribution is 2.35. The van der Waals surface area contributed by atoms with E-state index in [-0.39, 0.29) is 6.61 Å². The summed E-state index contributed by atoms with van der Waals surface area (Å²) in [6.45, 7) is 4.07. The monoisotopic (exact) mass is 265 g/mol. The smallest absolute Gasteiger partial charge is 0.153 e. The molecule has 0 aliphatic heterocycles. The molecule has 0 aliphatic carbocycles. The quantitative estimate of drug-likeness (QED) is 0.844. The fourth-order valence-corrected chi connectivity index (χ4v) is 2.49. The number of benzene rings is 1. The Labute approximate surface area is 112 Å². The van der Waals surface area contributed by atoms with Crippen molar-refractivity contribution in [2.75, 3.05) is 13.2 Å². The van der Waals surface area contributed by atoms with Gasteiger partial charge in [0.05, 0.1) is 18.9 Å². The second-order valence-electron chi connectivity index (χ2n) is 4.68. The summed E-state index contributed by atoms with van der Waals surface area (Å²) in [7, 11) is 0. The standard InChI is InChI=1S/C15H20FNO2/c1-3-15(16,14(10-18)17-4-2)12-5-6-13-11(9-12)7-8-19-13/h5-9,14,17-18H,3-4,10H2,1-2H3. The molecule has 0 spiro atoms. The normalized spacial score (nSPS) is 16.4. The number of fused-ring (bicyclic) bond motifs is 1. The van der Waals surface area contributed by atoms with Crippen LogP contribution in [0.1, 0.15) is 25.8 Å². The van der Waals surface area contributed by atoms with Crippen LogP contribution < -0.4 is 5.32 Å². The lowest BCUT2D eigenvalue weighted by molar-refractivity contribution is 0.0609. The Hall–Kier alpha value is -1.39. The fourth-order valence-electron chi connectivity index (χ4n) is 2.49. The highest BCUT2D eigenvalue weighted by atomic mass is 19.1. The molecule has 0 aliphatic rings. The minimum Gasteiger partial charge on any atom is -0.464 e. The van der Waals surface area contributed by atoms with Crippen LogP contribution in [0, 0.1) is 0 Å². The third-order valence-corrected chi connectivity index (χ3v) is 3.63. The second kappa shape index (κ2) is 5.72. The van der Waals surface area contributed by atoms with Gasteiger partial charge >= 0.3 is 0 Å². The maximum Gasteiger partial charge on any atom is 0.153 e. The molecule has 19 heavy (non-hydrogen) atoms. The molecule has 0 radical (unpaired) electrons. The van der Waals surface area contributed by atoms with E-state index < -0.39 is 11.7 Å². The predicted octanol–water partition coefficient (Wildman–Crippen LogP) is 2.98. The molecule has 0 bridgehead atoms. The van der Waals surface area contributed by atoms with Crippen molar-refractivity contribution in [3.05, 3.63) is 36.1 Å². The lowest BCUT2D eigenvalue weighted by atomic mass is 9.85. The van der Waals surface area contributed by atoms with Crippen molar-refractivity contribution in [2.45, 2.75) is 32.0 Å². The summed E-state index contributed by atoms with van der Waals surface area (Å²) >= 11 is 0. The van der Waals surface area contributed by atoms with Gasteiger partial charge in [0.2, 0.25) is 0 Å². The van der Waals surface area contributed by atoms with Gasteiger partial charge in [0.25, 0.3) is 0 Å². The van der Waals surface area contributed by atoms with Crippen LogP contribution in [0.15, 0.2) is 34.9 Å². The van der Waals surface area contributed by atoms with Crippen molar-refractivity contribution in [3.8, 4) is 0 Å². The van der Waals surface area contributed by atoms with Crippen LogP contribution in [0.5, 0.6) is 0 Å². The number of halogens is 1. The van der Waals surface area contributed by atoms with E-state index in [1.54, 1.807) is 31.4 Å². The Bertz CT molecular complexity index is 540. The van der Waals surface area contributed by atoms with Gasteiger partial charge in [-0.3, -0.25) is 0 Å². The van der Waals surface area contributed by atoms with Crippen LogP contribution in [0.3, 0.4) is 0 Å². The molecule has 3 nitrogen and oxygen atoms in total. The first-order valence-electron chi connectivity index (χ1n) is 6.66. The summed E-state index contributed by atoms with van der Waals surface area (Å²) in [6.07, 6.45) is 1.89. The van der Waals surface area contributed by atoms with E-state index in [2.05, 4.69) is 5.32 Å². The first kappa shape index (κ1) is 14.0. The predicted molar refractivity (Wildman–Crippen MR) is 73.8 cm³/mol. The summed E-state index contributed by atoms with van der Waals surface area (Å²) in [6, 6.07) is 6.51. The van der Waals surface area contributed by atoms with Crippen LogP contribution in [-0.2, 0) is 5.67 Å². The molecule has 0 amide bonds. The first-order chi connectivity index (χ1) is 9.15. The molecule has 0 fully saturated rings. The zero-order valence-corrected chi connectivity index (χ0v) is 11.3. The Balaban J connectivity index is 2.43. The van der Waals surface area contributed by atoms with Gasteiger partial charge < -0.3 is 14.8 Å². The van der Waals surface area contributed by atoms with Crippen molar-refractivity contribution in [1.82, 2.24) is 5.32 Å². The molecule has 2 rings (SSSR count). The van der Waals surface area contributed by atoms with Crippen LogP contribution in [0.4, 0.5) is 4.39 Å². The van der Waals surface area contributed by atoms with Crippen molar-refractivity contribution in [3.63, 3.8) is 0 Å². The summed E-state index contributed by atoms with van der Waals surface area (Å²) < 4.78 is 20.6. The number of aliphatic hydroxyl groups excluding tert-OH is 1. The topological polar surface area (TPSA) is 45.4 Å². The third-order valence-electron chi connectivity index (χ3n) is 3.63. The minimum atomic E-state index is -1.59. The van der Waals surface area contributed by atoms with Gasteiger partial charge in [0, 0.05) is 5.39 Å². The SMILES string of the molecule is CCNC(CO)C(F)(CC)c1ccc2occc2c1. The van der Waals surface area contributed by atoms with Gasteiger partial charge in [0.15, 0.2) is 5.67 Å². The molecule has 104 valence electrons. The number of alkyl halides is 1. The number of hydrogen-bond donors (Lipinski definition) is 2. The van der Waals surface area contributed by atoms with E-state index in [1.807, 2.05) is 13.0 Å². The third kappa shape index (κ3) is 2.51. The van der Waals surface area contributed by atoms with Crippen molar-refractivity contribution in [1.29, 1.82) is 0 Å². The zero-order valence-electron chi connectivity index (χ0n) is 11.3. The molecule has 0 saturated carbocycles. The molecule has 2 N–H and O–H groups in total. The lowest BCUT2D eigenvalue weighted by Gasteiger charge is -2.33. The number of aliphatic hydroxyl groups is 1. The van der Waals surface area contributed by atoms with Crippen LogP contribution in [0.2, 0.25) is 0 Å².